The third-order valence-corrected chi connectivity index (χ3v) is 5.11. The van der Waals surface area contributed by atoms with Crippen molar-refractivity contribution >= 4 is 23.0 Å². The van der Waals surface area contributed by atoms with Crippen LogP contribution in [0.15, 0.2) is 11.1 Å². The van der Waals surface area contributed by atoms with Gasteiger partial charge in [-0.05, 0) is 0 Å². The van der Waals surface area contributed by atoms with Crippen molar-refractivity contribution in [2.75, 3.05) is 25.1 Å². The van der Waals surface area contributed by atoms with Crippen LogP contribution < -0.4 is 10.9 Å². The normalized spacial score (nSPS) is 30.2. The number of anilines is 1. The molecule has 3 unspecified atom stereocenters. The van der Waals surface area contributed by atoms with Crippen LogP contribution in [0.3, 0.4) is 0 Å². The quantitative estimate of drug-likeness (QED) is 0.516. The number of nitrogens with zero attached hydrogens (tertiary/aromatic N) is 3. The molecule has 0 aliphatic carbocycles. The number of fused-ring (bicyclic) bond motifs is 3. The van der Waals surface area contributed by atoms with E-state index in [9.17, 15) is 19.8 Å². The Morgan fingerprint density at radius 2 is 2.33 bits per heavy atom. The third-order valence-electron chi connectivity index (χ3n) is 5.11. The molecule has 11 heteroatoms. The lowest BCUT2D eigenvalue weighted by Gasteiger charge is -2.38. The van der Waals surface area contributed by atoms with Crippen LogP contribution in [-0.2, 0) is 14.3 Å². The van der Waals surface area contributed by atoms with Crippen LogP contribution in [-0.4, -0.2) is 73.3 Å². The molecule has 2 saturated heterocycles. The number of H-pyrrole nitrogens is 1. The van der Waals surface area contributed by atoms with E-state index in [2.05, 4.69) is 20.3 Å². The summed E-state index contributed by atoms with van der Waals surface area (Å²) in [7, 11) is 0. The molecule has 0 spiro atoms. The highest BCUT2D eigenvalue weighted by Crippen LogP contribution is 2.40. The maximum absolute atomic E-state index is 12.3. The monoisotopic (exact) mass is 379 g/mol. The summed E-state index contributed by atoms with van der Waals surface area (Å²) < 4.78 is 13.0. The molecule has 2 aromatic rings. The molecule has 2 bridgehead atoms. The fourth-order valence-electron chi connectivity index (χ4n) is 3.42. The van der Waals surface area contributed by atoms with Crippen molar-refractivity contribution in [3.63, 3.8) is 0 Å². The predicted octanol–water partition coefficient (Wildman–Crippen LogP) is -1.22. The van der Waals surface area contributed by atoms with Crippen molar-refractivity contribution in [3.8, 4) is 0 Å². The van der Waals surface area contributed by atoms with E-state index in [4.69, 9.17) is 9.47 Å². The number of imidazole rings is 1. The Bertz CT molecular complexity index is 939. The maximum atomic E-state index is 12.3. The average Bonchev–Trinajstić information content (AvgIpc) is 3.12. The number of carbonyl (C=O) groups is 1. The van der Waals surface area contributed by atoms with Gasteiger partial charge in [0.05, 0.1) is 32.2 Å². The minimum atomic E-state index is -1.13. The second-order valence-electron chi connectivity index (χ2n) is 7.20. The highest BCUT2D eigenvalue weighted by Gasteiger charge is 2.57. The highest BCUT2D eigenvalue weighted by molar-refractivity contribution is 5.91. The van der Waals surface area contributed by atoms with Gasteiger partial charge in [0, 0.05) is 5.92 Å². The van der Waals surface area contributed by atoms with Crippen molar-refractivity contribution < 1.29 is 24.5 Å². The Morgan fingerprint density at radius 1 is 1.56 bits per heavy atom. The van der Waals surface area contributed by atoms with Crippen LogP contribution in [0, 0.1) is 5.92 Å². The highest BCUT2D eigenvalue weighted by atomic mass is 16.6. The van der Waals surface area contributed by atoms with Gasteiger partial charge in [0.15, 0.2) is 11.2 Å². The first kappa shape index (κ1) is 18.0. The van der Waals surface area contributed by atoms with Crippen molar-refractivity contribution in [1.29, 1.82) is 0 Å². The molecular formula is C16H21N5O6. The van der Waals surface area contributed by atoms with Gasteiger partial charge in [-0.2, -0.15) is 4.98 Å². The van der Waals surface area contributed by atoms with Crippen molar-refractivity contribution in [2.24, 2.45) is 5.92 Å². The number of carbonyl (C=O) groups excluding carboxylic acids is 1. The molecule has 0 aromatic carbocycles. The lowest BCUT2D eigenvalue weighted by Crippen LogP contribution is -2.56. The van der Waals surface area contributed by atoms with Crippen molar-refractivity contribution in [1.82, 2.24) is 19.5 Å². The molecule has 2 aliphatic heterocycles. The Morgan fingerprint density at radius 3 is 3.04 bits per heavy atom. The molecule has 4 atom stereocenters. The van der Waals surface area contributed by atoms with Crippen LogP contribution in [0.5, 0.6) is 0 Å². The zero-order valence-electron chi connectivity index (χ0n) is 14.9. The Labute approximate surface area is 153 Å². The fraction of sp³-hybridized carbons (Fsp3) is 0.625. The summed E-state index contributed by atoms with van der Waals surface area (Å²) in [5.74, 6) is -0.551. The minimum Gasteiger partial charge on any atom is -0.393 e. The predicted molar refractivity (Wildman–Crippen MR) is 92.2 cm³/mol. The van der Waals surface area contributed by atoms with Gasteiger partial charge in [0.1, 0.15) is 17.8 Å². The molecule has 0 saturated carbocycles. The molecule has 4 N–H and O–H groups in total. The molecule has 27 heavy (non-hydrogen) atoms. The van der Waals surface area contributed by atoms with E-state index < -0.39 is 29.4 Å². The Kier molecular flexibility index (Phi) is 4.26. The number of ether oxygens (including phenoxy) is 2. The maximum Gasteiger partial charge on any atom is 0.280 e. The number of aliphatic hydroxyl groups excluding tert-OH is 2. The summed E-state index contributed by atoms with van der Waals surface area (Å²) in [4.78, 5) is 35.1. The zero-order valence-corrected chi connectivity index (χ0v) is 14.9. The number of aromatic nitrogens is 4. The molecule has 0 radical (unpaired) electrons. The summed E-state index contributed by atoms with van der Waals surface area (Å²) in [5.41, 5.74) is -1.28. The third kappa shape index (κ3) is 2.74. The van der Waals surface area contributed by atoms with Crippen LogP contribution in [0.2, 0.25) is 0 Å². The van der Waals surface area contributed by atoms with Crippen LogP contribution in [0.1, 0.15) is 19.9 Å². The molecule has 1 amide bonds. The van der Waals surface area contributed by atoms with Crippen LogP contribution in [0.25, 0.3) is 11.2 Å². The first-order valence-corrected chi connectivity index (χ1v) is 8.68. The molecular weight excluding hydrogens is 358 g/mol. The van der Waals surface area contributed by atoms with E-state index in [-0.39, 0.29) is 48.8 Å². The van der Waals surface area contributed by atoms with E-state index in [1.54, 1.807) is 18.4 Å². The van der Waals surface area contributed by atoms with E-state index in [0.717, 1.165) is 0 Å². The minimum absolute atomic E-state index is 0.0160. The number of rotatable bonds is 4. The summed E-state index contributed by atoms with van der Waals surface area (Å²) >= 11 is 0. The number of hydrogen-bond donors (Lipinski definition) is 4. The lowest BCUT2D eigenvalue weighted by molar-refractivity contribution is -0.165. The number of amides is 1. The van der Waals surface area contributed by atoms with Gasteiger partial charge in [0.25, 0.3) is 5.56 Å². The summed E-state index contributed by atoms with van der Waals surface area (Å²) in [5, 5.41) is 22.6. The van der Waals surface area contributed by atoms with Gasteiger partial charge in [-0.3, -0.25) is 19.9 Å². The van der Waals surface area contributed by atoms with Gasteiger partial charge in [-0.25, -0.2) is 4.98 Å². The fourth-order valence-corrected chi connectivity index (χ4v) is 3.42. The lowest BCUT2D eigenvalue weighted by atomic mass is 9.90. The molecule has 146 valence electrons. The largest absolute Gasteiger partial charge is 0.393 e. The molecule has 2 aromatic heterocycles. The first-order valence-electron chi connectivity index (χ1n) is 8.68. The SMILES string of the molecule is CC(C)C(=O)Nc1nc2c(ncn2[C@H]2COC3(CO)COC2C3O)c(=O)[nH]1. The number of nitrogens with one attached hydrogen (secondary N) is 2. The Balaban J connectivity index is 1.72. The number of aromatic amines is 1. The standard InChI is InChI=1S/C16H21N5O6/c1-7(2)13(24)19-15-18-12-9(14(25)20-15)17-6-21(12)8-3-27-16(4-22)5-26-10(8)11(16)23/h6-8,10-11,22-23H,3-5H2,1-2H3,(H2,18,19,20,24,25)/t8-,10?,11?,16?/m0/s1. The van der Waals surface area contributed by atoms with E-state index >= 15 is 0 Å². The Hall–Kier alpha value is -2.34. The van der Waals surface area contributed by atoms with Gasteiger partial charge in [-0.15, -0.1) is 0 Å². The van der Waals surface area contributed by atoms with E-state index in [1.807, 2.05) is 0 Å². The second kappa shape index (κ2) is 6.37. The smallest absolute Gasteiger partial charge is 0.280 e. The van der Waals surface area contributed by atoms with Gasteiger partial charge < -0.3 is 24.3 Å². The molecule has 2 aliphatic rings. The van der Waals surface area contributed by atoms with Crippen LogP contribution in [0.4, 0.5) is 5.95 Å². The molecule has 2 fully saturated rings. The summed E-state index contributed by atoms with van der Waals surface area (Å²) in [6.07, 6.45) is -0.242. The van der Waals surface area contributed by atoms with Crippen molar-refractivity contribution in [3.05, 3.63) is 16.7 Å². The zero-order chi connectivity index (χ0) is 19.3. The molecule has 11 nitrogen and oxygen atoms in total. The summed E-state index contributed by atoms with van der Waals surface area (Å²) in [6, 6.07) is -0.491. The van der Waals surface area contributed by atoms with Gasteiger partial charge in [-0.1, -0.05) is 13.8 Å². The summed E-state index contributed by atoms with van der Waals surface area (Å²) in [6.45, 7) is 3.31. The van der Waals surface area contributed by atoms with E-state index in [0.29, 0.717) is 0 Å². The second-order valence-corrected chi connectivity index (χ2v) is 7.20. The van der Waals surface area contributed by atoms with Crippen LogP contribution >= 0.6 is 0 Å². The van der Waals surface area contributed by atoms with Gasteiger partial charge in [0.2, 0.25) is 11.9 Å². The molecule has 4 heterocycles. The topological polar surface area (TPSA) is 152 Å². The van der Waals surface area contributed by atoms with E-state index in [1.165, 1.54) is 6.33 Å². The average molecular weight is 379 g/mol. The first-order chi connectivity index (χ1) is 12.9. The number of aliphatic hydroxyl groups is 2. The van der Waals surface area contributed by atoms with Gasteiger partial charge >= 0.3 is 0 Å². The molecule has 4 rings (SSSR count). The van der Waals surface area contributed by atoms with Crippen molar-refractivity contribution in [2.45, 2.75) is 37.7 Å². The number of hydrogen-bond acceptors (Lipinski definition) is 8.